The Labute approximate surface area is 251 Å². The number of unbranched alkanes of at least 4 members (excludes halogenated alkanes) is 11. The third-order valence-electron chi connectivity index (χ3n) is 7.00. The van der Waals surface area contributed by atoms with Crippen molar-refractivity contribution in [2.24, 2.45) is 0 Å². The second-order valence-electron chi connectivity index (χ2n) is 10.2. The Morgan fingerprint density at radius 2 is 1.38 bits per heavy atom. The van der Waals surface area contributed by atoms with Gasteiger partial charge in [0, 0.05) is 17.9 Å². The van der Waals surface area contributed by atoms with Crippen molar-refractivity contribution in [2.45, 2.75) is 97.4 Å². The van der Waals surface area contributed by atoms with Gasteiger partial charge in [0.15, 0.2) is 0 Å². The average Bonchev–Trinajstić information content (AvgIpc) is 3.33. The van der Waals surface area contributed by atoms with Crippen molar-refractivity contribution in [3.05, 3.63) is 65.2 Å². The van der Waals surface area contributed by atoms with Crippen LogP contribution in [-0.4, -0.2) is 23.4 Å². The molecule has 0 aliphatic carbocycles. The highest BCUT2D eigenvalue weighted by atomic mass is 79.9. The highest BCUT2D eigenvalue weighted by molar-refractivity contribution is 8.93. The molecule has 1 aliphatic heterocycles. The first kappa shape index (κ1) is 33.1. The molecular formula is C32H48BrN3O2S. The predicted octanol–water partition coefficient (Wildman–Crippen LogP) is 10.4. The van der Waals surface area contributed by atoms with Crippen LogP contribution < -0.4 is 15.4 Å². The molecular weight excluding hydrogens is 570 g/mol. The average molecular weight is 619 g/mol. The normalized spacial score (nSPS) is 12.6. The Balaban J connectivity index is 0.00000533. The first-order valence-electron chi connectivity index (χ1n) is 14.6. The summed E-state index contributed by atoms with van der Waals surface area (Å²) in [7, 11) is 0. The van der Waals surface area contributed by atoms with Gasteiger partial charge < -0.3 is 20.3 Å². The van der Waals surface area contributed by atoms with Crippen molar-refractivity contribution in [1.29, 1.82) is 0 Å². The fraction of sp³-hybridized carbons (Fsp3) is 0.531. The third-order valence-corrected chi connectivity index (χ3v) is 7.97. The van der Waals surface area contributed by atoms with Crippen LogP contribution in [0.1, 0.15) is 96.5 Å². The third kappa shape index (κ3) is 12.7. The fourth-order valence-corrected chi connectivity index (χ4v) is 5.62. The molecule has 0 spiro atoms. The number of allylic oxidation sites excluding steroid dienone is 1. The van der Waals surface area contributed by atoms with Crippen LogP contribution in [0.2, 0.25) is 0 Å². The molecule has 1 aliphatic rings. The van der Waals surface area contributed by atoms with Gasteiger partial charge in [-0.05, 0) is 42.5 Å². The fourth-order valence-electron chi connectivity index (χ4n) is 4.68. The van der Waals surface area contributed by atoms with E-state index < -0.39 is 0 Å². The molecule has 2 aromatic carbocycles. The van der Waals surface area contributed by atoms with Gasteiger partial charge in [-0.1, -0.05) is 108 Å². The molecule has 7 heteroatoms. The first-order valence-corrected chi connectivity index (χ1v) is 15.6. The summed E-state index contributed by atoms with van der Waals surface area (Å²) in [4.78, 5) is 15.2. The molecule has 0 unspecified atom stereocenters. The molecule has 2 amide bonds. The maximum Gasteiger partial charge on any atom is 0.323 e. The standard InChI is InChI=1S/C32H47N3O2S.BrH/c1-3-4-5-6-7-8-9-10-11-12-13-18-23-37-31-22-17-16-21-30(31)34-32(36)33-29-20-15-14-19-28(29)24-35-26-38-25-27(35)2;/h14-17,19-22,25H,3-13,18,23-24,26H2,1-2H3,(H2,33,34,36);1H. The molecule has 3 rings (SSSR count). The number of carbonyl (C=O) groups excluding carboxylic acids is 1. The number of nitrogens with one attached hydrogen (secondary N) is 2. The van der Waals surface area contributed by atoms with Gasteiger partial charge in [0.25, 0.3) is 0 Å². The lowest BCUT2D eigenvalue weighted by Gasteiger charge is -2.21. The van der Waals surface area contributed by atoms with Crippen molar-refractivity contribution in [3.8, 4) is 5.75 Å². The zero-order valence-electron chi connectivity index (χ0n) is 23.9. The van der Waals surface area contributed by atoms with Crippen LogP contribution in [0.15, 0.2) is 59.6 Å². The number of nitrogens with zero attached hydrogens (tertiary/aromatic N) is 1. The van der Waals surface area contributed by atoms with E-state index in [0.29, 0.717) is 18.0 Å². The number of thioether (sulfide) groups is 1. The summed E-state index contributed by atoms with van der Waals surface area (Å²) in [6, 6.07) is 15.4. The van der Waals surface area contributed by atoms with Crippen LogP contribution in [0.3, 0.4) is 0 Å². The van der Waals surface area contributed by atoms with E-state index in [0.717, 1.165) is 30.1 Å². The van der Waals surface area contributed by atoms with Gasteiger partial charge in [-0.3, -0.25) is 0 Å². The minimum Gasteiger partial charge on any atom is -0.491 e. The van der Waals surface area contributed by atoms with Crippen molar-refractivity contribution in [3.63, 3.8) is 0 Å². The van der Waals surface area contributed by atoms with E-state index in [4.69, 9.17) is 4.74 Å². The van der Waals surface area contributed by atoms with E-state index in [1.54, 1.807) is 11.8 Å². The molecule has 2 aromatic rings. The molecule has 39 heavy (non-hydrogen) atoms. The second-order valence-corrected chi connectivity index (χ2v) is 11.1. The van der Waals surface area contributed by atoms with Crippen molar-refractivity contribution in [2.75, 3.05) is 23.1 Å². The summed E-state index contributed by atoms with van der Waals surface area (Å²) in [6.07, 6.45) is 15.9. The first-order chi connectivity index (χ1) is 18.7. The van der Waals surface area contributed by atoms with Crippen LogP contribution in [0.4, 0.5) is 16.2 Å². The molecule has 0 fully saturated rings. The van der Waals surface area contributed by atoms with E-state index in [1.807, 2.05) is 42.5 Å². The van der Waals surface area contributed by atoms with E-state index in [1.165, 1.54) is 76.3 Å². The summed E-state index contributed by atoms with van der Waals surface area (Å²) < 4.78 is 6.05. The summed E-state index contributed by atoms with van der Waals surface area (Å²) in [5.74, 6) is 1.66. The number of benzene rings is 2. The topological polar surface area (TPSA) is 53.6 Å². The number of ether oxygens (including phenoxy) is 1. The number of anilines is 2. The van der Waals surface area contributed by atoms with Gasteiger partial charge in [0.05, 0.1) is 18.2 Å². The smallest absolute Gasteiger partial charge is 0.323 e. The quantitative estimate of drug-likeness (QED) is 0.163. The van der Waals surface area contributed by atoms with Crippen LogP contribution >= 0.6 is 28.7 Å². The Bertz CT molecular complexity index is 1000. The molecule has 0 saturated carbocycles. The number of urea groups is 1. The molecule has 216 valence electrons. The monoisotopic (exact) mass is 617 g/mol. The SMILES string of the molecule is Br.CCCCCCCCCCCCCCOc1ccccc1NC(=O)Nc1ccccc1CN1CSC=C1C. The number of hydrogen-bond donors (Lipinski definition) is 2. The number of hydrogen-bond acceptors (Lipinski definition) is 4. The molecule has 1 heterocycles. The molecule has 0 atom stereocenters. The van der Waals surface area contributed by atoms with Gasteiger partial charge in [0.2, 0.25) is 0 Å². The Morgan fingerprint density at radius 1 is 0.821 bits per heavy atom. The van der Waals surface area contributed by atoms with Gasteiger partial charge in [0.1, 0.15) is 5.75 Å². The number of amides is 2. The van der Waals surface area contributed by atoms with Gasteiger partial charge in [-0.25, -0.2) is 4.79 Å². The zero-order chi connectivity index (χ0) is 26.8. The summed E-state index contributed by atoms with van der Waals surface area (Å²) in [5, 5.41) is 8.19. The van der Waals surface area contributed by atoms with E-state index in [-0.39, 0.29) is 23.0 Å². The van der Waals surface area contributed by atoms with Gasteiger partial charge >= 0.3 is 6.03 Å². The van der Waals surface area contributed by atoms with Crippen LogP contribution in [0, 0.1) is 0 Å². The Kier molecular flexibility index (Phi) is 16.9. The van der Waals surface area contributed by atoms with Gasteiger partial charge in [-0.15, -0.1) is 28.7 Å². The predicted molar refractivity (Wildman–Crippen MR) is 174 cm³/mol. The largest absolute Gasteiger partial charge is 0.491 e. The second kappa shape index (κ2) is 19.9. The van der Waals surface area contributed by atoms with E-state index in [9.17, 15) is 4.79 Å². The van der Waals surface area contributed by atoms with E-state index >= 15 is 0 Å². The number of rotatable bonds is 18. The lowest BCUT2D eigenvalue weighted by Crippen LogP contribution is -2.22. The lowest BCUT2D eigenvalue weighted by atomic mass is 10.1. The molecule has 0 bridgehead atoms. The maximum absolute atomic E-state index is 12.9. The van der Waals surface area contributed by atoms with Crippen LogP contribution in [0.25, 0.3) is 0 Å². The van der Waals surface area contributed by atoms with Gasteiger partial charge in [-0.2, -0.15) is 0 Å². The highest BCUT2D eigenvalue weighted by Crippen LogP contribution is 2.28. The number of halogens is 1. The minimum absolute atomic E-state index is 0. The summed E-state index contributed by atoms with van der Waals surface area (Å²) >= 11 is 1.80. The minimum atomic E-state index is -0.262. The summed E-state index contributed by atoms with van der Waals surface area (Å²) in [5.41, 5.74) is 3.86. The Hall–Kier alpha value is -2.12. The molecule has 5 nitrogen and oxygen atoms in total. The van der Waals surface area contributed by atoms with Crippen molar-refractivity contribution in [1.82, 2.24) is 4.90 Å². The van der Waals surface area contributed by atoms with Crippen molar-refractivity contribution >= 4 is 46.1 Å². The molecule has 2 N–H and O–H groups in total. The molecule has 0 saturated heterocycles. The summed E-state index contributed by atoms with van der Waals surface area (Å²) in [6.45, 7) is 5.83. The molecule has 0 radical (unpaired) electrons. The zero-order valence-corrected chi connectivity index (χ0v) is 26.4. The van der Waals surface area contributed by atoms with Crippen LogP contribution in [0.5, 0.6) is 5.75 Å². The van der Waals surface area contributed by atoms with Crippen LogP contribution in [-0.2, 0) is 6.54 Å². The highest BCUT2D eigenvalue weighted by Gasteiger charge is 2.15. The number of para-hydroxylation sites is 3. The van der Waals surface area contributed by atoms with E-state index in [2.05, 4.69) is 40.9 Å². The Morgan fingerprint density at radius 3 is 2.03 bits per heavy atom. The number of carbonyl (C=O) groups is 1. The lowest BCUT2D eigenvalue weighted by molar-refractivity contribution is 0.261. The molecule has 0 aromatic heterocycles. The maximum atomic E-state index is 12.9. The van der Waals surface area contributed by atoms with Crippen molar-refractivity contribution < 1.29 is 9.53 Å².